The second-order valence-electron chi connectivity index (χ2n) is 6.55. The third kappa shape index (κ3) is 2.99. The summed E-state index contributed by atoms with van der Waals surface area (Å²) in [6, 6.07) is 9.10. The highest BCUT2D eigenvalue weighted by molar-refractivity contribution is 6.30. The van der Waals surface area contributed by atoms with Gasteiger partial charge in [0.15, 0.2) is 0 Å². The highest BCUT2D eigenvalue weighted by atomic mass is 35.5. The molecule has 6 nitrogen and oxygen atoms in total. The molecule has 0 saturated heterocycles. The quantitative estimate of drug-likeness (QED) is 0.755. The van der Waals surface area contributed by atoms with Crippen molar-refractivity contribution in [3.05, 3.63) is 47.1 Å². The molecule has 1 N–H and O–H groups in total. The predicted molar refractivity (Wildman–Crippen MR) is 92.4 cm³/mol. The van der Waals surface area contributed by atoms with Crippen molar-refractivity contribution in [2.75, 3.05) is 0 Å². The van der Waals surface area contributed by atoms with E-state index in [-0.39, 0.29) is 0 Å². The number of benzene rings is 1. The Balaban J connectivity index is 1.67. The lowest BCUT2D eigenvalue weighted by Gasteiger charge is -2.36. The third-order valence-corrected chi connectivity index (χ3v) is 4.49. The van der Waals surface area contributed by atoms with Crippen LogP contribution in [0.4, 0.5) is 0 Å². The Morgan fingerprint density at radius 1 is 1.24 bits per heavy atom. The Morgan fingerprint density at radius 3 is 2.88 bits per heavy atom. The van der Waals surface area contributed by atoms with Crippen LogP contribution in [-0.4, -0.2) is 31.9 Å². The predicted octanol–water partition coefficient (Wildman–Crippen LogP) is 3.53. The topological polar surface area (TPSA) is 81.3 Å². The van der Waals surface area contributed by atoms with Crippen LogP contribution in [-0.2, 0) is 6.42 Å². The number of aliphatic hydroxyl groups is 1. The summed E-state index contributed by atoms with van der Waals surface area (Å²) in [7, 11) is 0. The van der Waals surface area contributed by atoms with Gasteiger partial charge in [-0.2, -0.15) is 4.98 Å². The number of aromatic nitrogens is 3. The van der Waals surface area contributed by atoms with Gasteiger partial charge in [-0.25, -0.2) is 4.98 Å². The summed E-state index contributed by atoms with van der Waals surface area (Å²) < 4.78 is 11.1. The van der Waals surface area contributed by atoms with E-state index in [4.69, 9.17) is 20.9 Å². The molecule has 1 aliphatic heterocycles. The zero-order valence-corrected chi connectivity index (χ0v) is 14.5. The Hall–Kier alpha value is -2.44. The summed E-state index contributed by atoms with van der Waals surface area (Å²) in [5.74, 6) is 1.32. The van der Waals surface area contributed by atoms with Crippen molar-refractivity contribution < 1.29 is 14.4 Å². The number of hydrogen-bond donors (Lipinski definition) is 1. The van der Waals surface area contributed by atoms with Crippen molar-refractivity contribution in [2.24, 2.45) is 0 Å². The third-order valence-electron chi connectivity index (χ3n) is 4.26. The van der Waals surface area contributed by atoms with Gasteiger partial charge in [-0.15, -0.1) is 0 Å². The molecular formula is C18H16ClN3O3. The van der Waals surface area contributed by atoms with Crippen LogP contribution in [0.3, 0.4) is 0 Å². The fourth-order valence-electron chi connectivity index (χ4n) is 2.71. The largest absolute Gasteiger partial charge is 0.469 e. The van der Waals surface area contributed by atoms with Crippen LogP contribution in [0.2, 0.25) is 5.02 Å². The van der Waals surface area contributed by atoms with E-state index in [0.29, 0.717) is 34.6 Å². The molecule has 0 spiro atoms. The molecule has 0 amide bonds. The Bertz CT molecular complexity index is 939. The van der Waals surface area contributed by atoms with Gasteiger partial charge >= 0.3 is 0 Å². The first-order valence-corrected chi connectivity index (χ1v) is 8.26. The Morgan fingerprint density at radius 2 is 2.08 bits per heavy atom. The molecule has 7 heteroatoms. The second kappa shape index (κ2) is 5.82. The number of halogens is 1. The zero-order chi connectivity index (χ0) is 17.6. The van der Waals surface area contributed by atoms with Gasteiger partial charge < -0.3 is 14.4 Å². The maximum atomic E-state index is 10.2. The molecule has 128 valence electrons. The summed E-state index contributed by atoms with van der Waals surface area (Å²) >= 11 is 6.00. The standard InChI is InChI=1S/C18H16ClN3O3/c1-18(2)14(23)8-11-6-12(9-20-16(11)24-18)17-21-15(22-25-17)10-4-3-5-13(19)7-10/h3-7,9,14,23H,8H2,1-2H3. The van der Waals surface area contributed by atoms with E-state index in [0.717, 1.165) is 11.1 Å². The molecule has 4 rings (SSSR count). The van der Waals surface area contributed by atoms with Gasteiger partial charge in [0.05, 0.1) is 11.7 Å². The summed E-state index contributed by atoms with van der Waals surface area (Å²) in [6.45, 7) is 3.68. The molecule has 0 saturated carbocycles. The van der Waals surface area contributed by atoms with E-state index in [1.165, 1.54) is 0 Å². The molecule has 1 unspecified atom stereocenters. The SMILES string of the molecule is CC1(C)Oc2ncc(-c3nc(-c4cccc(Cl)c4)no3)cc2CC1O. The maximum Gasteiger partial charge on any atom is 0.259 e. The van der Waals surface area contributed by atoms with E-state index >= 15 is 0 Å². The highest BCUT2D eigenvalue weighted by Gasteiger charge is 2.36. The van der Waals surface area contributed by atoms with Crippen molar-refractivity contribution in [3.8, 4) is 28.7 Å². The monoisotopic (exact) mass is 357 g/mol. The Kier molecular flexibility index (Phi) is 3.74. The van der Waals surface area contributed by atoms with Gasteiger partial charge in [-0.1, -0.05) is 28.9 Å². The van der Waals surface area contributed by atoms with Gasteiger partial charge in [0, 0.05) is 28.8 Å². The van der Waals surface area contributed by atoms with Crippen LogP contribution < -0.4 is 4.74 Å². The maximum absolute atomic E-state index is 10.2. The number of aliphatic hydroxyl groups excluding tert-OH is 1. The van der Waals surface area contributed by atoms with Crippen molar-refractivity contribution in [1.82, 2.24) is 15.1 Å². The number of hydrogen-bond acceptors (Lipinski definition) is 6. The number of ether oxygens (including phenoxy) is 1. The van der Waals surface area contributed by atoms with E-state index < -0.39 is 11.7 Å². The van der Waals surface area contributed by atoms with Crippen LogP contribution in [0.1, 0.15) is 19.4 Å². The van der Waals surface area contributed by atoms with E-state index in [9.17, 15) is 5.11 Å². The minimum atomic E-state index is -0.661. The lowest BCUT2D eigenvalue weighted by atomic mass is 9.92. The van der Waals surface area contributed by atoms with Gasteiger partial charge in [-0.3, -0.25) is 0 Å². The van der Waals surface area contributed by atoms with Crippen LogP contribution >= 0.6 is 11.6 Å². The first-order valence-electron chi connectivity index (χ1n) is 7.88. The van der Waals surface area contributed by atoms with Gasteiger partial charge in [0.25, 0.3) is 5.89 Å². The number of nitrogens with zero attached hydrogens (tertiary/aromatic N) is 3. The van der Waals surface area contributed by atoms with Crippen molar-refractivity contribution in [1.29, 1.82) is 0 Å². The van der Waals surface area contributed by atoms with Crippen LogP contribution in [0, 0.1) is 0 Å². The van der Waals surface area contributed by atoms with Gasteiger partial charge in [0.2, 0.25) is 11.7 Å². The normalized spacial score (nSPS) is 18.5. The molecule has 25 heavy (non-hydrogen) atoms. The molecule has 1 aromatic carbocycles. The first kappa shape index (κ1) is 16.1. The zero-order valence-electron chi connectivity index (χ0n) is 13.7. The highest BCUT2D eigenvalue weighted by Crippen LogP contribution is 2.34. The second-order valence-corrected chi connectivity index (χ2v) is 6.98. The molecule has 0 radical (unpaired) electrons. The average Bonchev–Trinajstić information content (AvgIpc) is 3.05. The molecule has 0 aliphatic carbocycles. The molecular weight excluding hydrogens is 342 g/mol. The summed E-state index contributed by atoms with van der Waals surface area (Å²) in [5, 5.41) is 14.8. The molecule has 0 fully saturated rings. The van der Waals surface area contributed by atoms with Crippen molar-refractivity contribution >= 4 is 11.6 Å². The summed E-state index contributed by atoms with van der Waals surface area (Å²) in [5.41, 5.74) is 1.60. The minimum Gasteiger partial charge on any atom is -0.469 e. The van der Waals surface area contributed by atoms with E-state index in [1.54, 1.807) is 18.3 Å². The van der Waals surface area contributed by atoms with Crippen LogP contribution in [0.5, 0.6) is 5.88 Å². The first-order chi connectivity index (χ1) is 11.9. The van der Waals surface area contributed by atoms with E-state index in [2.05, 4.69) is 15.1 Å². The van der Waals surface area contributed by atoms with Crippen LogP contribution in [0.25, 0.3) is 22.8 Å². The lowest BCUT2D eigenvalue weighted by molar-refractivity contribution is -0.0442. The number of pyridine rings is 1. The van der Waals surface area contributed by atoms with E-state index in [1.807, 2.05) is 32.0 Å². The molecule has 0 bridgehead atoms. The number of rotatable bonds is 2. The summed E-state index contributed by atoms with van der Waals surface area (Å²) in [6.07, 6.45) is 1.47. The Labute approximate surface area is 149 Å². The van der Waals surface area contributed by atoms with Gasteiger partial charge in [-0.05, 0) is 32.0 Å². The average molecular weight is 358 g/mol. The van der Waals surface area contributed by atoms with Crippen molar-refractivity contribution in [3.63, 3.8) is 0 Å². The molecule has 1 atom stereocenters. The van der Waals surface area contributed by atoms with Crippen LogP contribution in [0.15, 0.2) is 41.1 Å². The van der Waals surface area contributed by atoms with Gasteiger partial charge in [0.1, 0.15) is 5.60 Å². The van der Waals surface area contributed by atoms with Crippen molar-refractivity contribution in [2.45, 2.75) is 32.0 Å². The fraction of sp³-hybridized carbons (Fsp3) is 0.278. The number of fused-ring (bicyclic) bond motifs is 1. The molecule has 3 aromatic rings. The smallest absolute Gasteiger partial charge is 0.259 e. The lowest BCUT2D eigenvalue weighted by Crippen LogP contribution is -2.46. The fourth-order valence-corrected chi connectivity index (χ4v) is 2.90. The molecule has 2 aromatic heterocycles. The summed E-state index contributed by atoms with van der Waals surface area (Å²) in [4.78, 5) is 8.75. The molecule has 3 heterocycles. The minimum absolute atomic E-state index is 0.351. The molecule has 1 aliphatic rings.